The summed E-state index contributed by atoms with van der Waals surface area (Å²) in [5.74, 6) is -0.269. The van der Waals surface area contributed by atoms with Crippen LogP contribution in [0.4, 0.5) is 0 Å². The molecule has 0 radical (unpaired) electrons. The van der Waals surface area contributed by atoms with E-state index in [0.29, 0.717) is 18.3 Å². The molecule has 5 N–H and O–H groups in total. The van der Waals surface area contributed by atoms with Gasteiger partial charge in [-0.3, -0.25) is 10.2 Å². The van der Waals surface area contributed by atoms with Crippen molar-refractivity contribution in [1.29, 1.82) is 5.41 Å². The van der Waals surface area contributed by atoms with Gasteiger partial charge in [0.2, 0.25) is 0 Å². The van der Waals surface area contributed by atoms with E-state index in [4.69, 9.17) is 16.2 Å². The molecule has 1 heterocycles. The summed E-state index contributed by atoms with van der Waals surface area (Å²) >= 11 is 0. The van der Waals surface area contributed by atoms with Gasteiger partial charge < -0.3 is 16.2 Å². The van der Waals surface area contributed by atoms with Gasteiger partial charge in [0, 0.05) is 12.5 Å². The predicted molar refractivity (Wildman–Crippen MR) is 67.2 cm³/mol. The van der Waals surface area contributed by atoms with Gasteiger partial charge in [-0.25, -0.2) is 0 Å². The van der Waals surface area contributed by atoms with E-state index in [2.05, 4.69) is 5.32 Å². The van der Waals surface area contributed by atoms with Crippen molar-refractivity contribution >= 4 is 11.8 Å². The third-order valence-corrected chi connectivity index (χ3v) is 3.24. The van der Waals surface area contributed by atoms with E-state index in [1.165, 1.54) is 6.42 Å². The largest absolute Gasteiger partial charge is 0.480 e. The van der Waals surface area contributed by atoms with Crippen molar-refractivity contribution < 1.29 is 9.90 Å². The van der Waals surface area contributed by atoms with Crippen molar-refractivity contribution in [2.75, 3.05) is 0 Å². The van der Waals surface area contributed by atoms with Crippen LogP contribution in [0.15, 0.2) is 0 Å². The smallest absolute Gasteiger partial charge is 0.320 e. The van der Waals surface area contributed by atoms with Gasteiger partial charge in [-0.05, 0) is 25.7 Å². The molecule has 0 aromatic heterocycles. The molecule has 0 saturated carbocycles. The highest BCUT2D eigenvalue weighted by Crippen LogP contribution is 2.15. The van der Waals surface area contributed by atoms with Gasteiger partial charge in [0.15, 0.2) is 0 Å². The number of nitrogens with one attached hydrogen (secondary N) is 2. The Labute approximate surface area is 102 Å². The van der Waals surface area contributed by atoms with E-state index in [9.17, 15) is 4.79 Å². The van der Waals surface area contributed by atoms with Crippen molar-refractivity contribution in [2.45, 2.75) is 63.5 Å². The molecular formula is C12H23N3O2. The van der Waals surface area contributed by atoms with Crippen LogP contribution in [0.25, 0.3) is 0 Å². The van der Waals surface area contributed by atoms with Crippen molar-refractivity contribution in [3.8, 4) is 0 Å². The Hall–Kier alpha value is -1.10. The van der Waals surface area contributed by atoms with E-state index in [-0.39, 0.29) is 0 Å². The van der Waals surface area contributed by atoms with Gasteiger partial charge in [0.25, 0.3) is 0 Å². The molecule has 98 valence electrons. The van der Waals surface area contributed by atoms with Crippen molar-refractivity contribution in [2.24, 2.45) is 5.73 Å². The number of amidine groups is 1. The Bertz CT molecular complexity index is 268. The number of hydrogen-bond donors (Lipinski definition) is 4. The lowest BCUT2D eigenvalue weighted by Gasteiger charge is -2.17. The van der Waals surface area contributed by atoms with Crippen molar-refractivity contribution in [1.82, 2.24) is 5.32 Å². The van der Waals surface area contributed by atoms with Gasteiger partial charge in [0.1, 0.15) is 6.04 Å². The number of nitrogens with two attached hydrogens (primary N) is 1. The maximum atomic E-state index is 10.5. The van der Waals surface area contributed by atoms with Crippen LogP contribution in [0.2, 0.25) is 0 Å². The minimum atomic E-state index is -0.917. The lowest BCUT2D eigenvalue weighted by atomic mass is 10.0. The van der Waals surface area contributed by atoms with Crippen LogP contribution < -0.4 is 11.1 Å². The van der Waals surface area contributed by atoms with Crippen LogP contribution in [-0.4, -0.2) is 29.0 Å². The monoisotopic (exact) mass is 241 g/mol. The molecule has 5 heteroatoms. The molecule has 5 nitrogen and oxygen atoms in total. The molecule has 1 saturated heterocycles. The Morgan fingerprint density at radius 3 is 3.00 bits per heavy atom. The Kier molecular flexibility index (Phi) is 5.97. The quantitative estimate of drug-likeness (QED) is 0.529. The van der Waals surface area contributed by atoms with Gasteiger partial charge in [-0.1, -0.05) is 19.3 Å². The molecular weight excluding hydrogens is 218 g/mol. The summed E-state index contributed by atoms with van der Waals surface area (Å²) < 4.78 is 0. The van der Waals surface area contributed by atoms with E-state index >= 15 is 0 Å². The molecule has 0 spiro atoms. The van der Waals surface area contributed by atoms with Crippen molar-refractivity contribution in [3.05, 3.63) is 0 Å². The van der Waals surface area contributed by atoms with E-state index in [1.807, 2.05) is 0 Å². The van der Waals surface area contributed by atoms with E-state index in [1.54, 1.807) is 0 Å². The first kappa shape index (κ1) is 14.0. The first-order chi connectivity index (χ1) is 8.09. The lowest BCUT2D eigenvalue weighted by molar-refractivity contribution is -0.138. The molecule has 0 aromatic carbocycles. The summed E-state index contributed by atoms with van der Waals surface area (Å²) in [6.07, 6.45) is 7.63. The molecule has 0 unspecified atom stereocenters. The molecule has 2 atom stereocenters. The highest BCUT2D eigenvalue weighted by molar-refractivity contribution is 5.79. The van der Waals surface area contributed by atoms with E-state index in [0.717, 1.165) is 38.5 Å². The van der Waals surface area contributed by atoms with Crippen LogP contribution in [0.5, 0.6) is 0 Å². The molecule has 0 aromatic rings. The summed E-state index contributed by atoms with van der Waals surface area (Å²) in [7, 11) is 0. The molecule has 1 aliphatic heterocycles. The fraction of sp³-hybridized carbons (Fsp3) is 0.833. The van der Waals surface area contributed by atoms with Crippen LogP contribution in [0.1, 0.15) is 51.4 Å². The number of carboxylic acid groups (broad SMARTS) is 1. The lowest BCUT2D eigenvalue weighted by Crippen LogP contribution is -2.32. The second kappa shape index (κ2) is 7.27. The number of carbonyl (C=O) groups is 1. The SMILES string of the molecule is N=C1CCCC[C@H](CCCC[C@@H](N)C(=O)O)N1. The molecule has 1 fully saturated rings. The van der Waals surface area contributed by atoms with Gasteiger partial charge in [-0.2, -0.15) is 0 Å². The standard InChI is InChI=1S/C12H23N3O2/c13-10(12(16)17)7-3-1-5-9-6-2-4-8-11(14)15-9/h9-10H,1-8,13H2,(H2,14,15)(H,16,17)/t9-,10+/m0/s1. The third-order valence-electron chi connectivity index (χ3n) is 3.24. The average Bonchev–Trinajstić information content (AvgIpc) is 2.48. The average molecular weight is 241 g/mol. The maximum absolute atomic E-state index is 10.5. The Morgan fingerprint density at radius 2 is 2.29 bits per heavy atom. The molecule has 17 heavy (non-hydrogen) atoms. The molecule has 0 bridgehead atoms. The Morgan fingerprint density at radius 1 is 1.53 bits per heavy atom. The number of rotatable bonds is 6. The normalized spacial score (nSPS) is 22.6. The topological polar surface area (TPSA) is 99.2 Å². The fourth-order valence-electron chi connectivity index (χ4n) is 2.18. The summed E-state index contributed by atoms with van der Waals surface area (Å²) in [5, 5.41) is 19.5. The summed E-state index contributed by atoms with van der Waals surface area (Å²) in [6.45, 7) is 0. The second-order valence-electron chi connectivity index (χ2n) is 4.79. The number of unbranched alkanes of at least 4 members (excludes halogenated alkanes) is 1. The van der Waals surface area contributed by atoms with Gasteiger partial charge >= 0.3 is 5.97 Å². The number of hydrogen-bond acceptors (Lipinski definition) is 3. The maximum Gasteiger partial charge on any atom is 0.320 e. The Balaban J connectivity index is 2.13. The highest BCUT2D eigenvalue weighted by atomic mass is 16.4. The first-order valence-corrected chi connectivity index (χ1v) is 6.42. The van der Waals surface area contributed by atoms with Crippen molar-refractivity contribution in [3.63, 3.8) is 0 Å². The zero-order valence-corrected chi connectivity index (χ0v) is 10.2. The number of carboxylic acids is 1. The van der Waals surface area contributed by atoms with Crippen LogP contribution >= 0.6 is 0 Å². The van der Waals surface area contributed by atoms with E-state index < -0.39 is 12.0 Å². The second-order valence-corrected chi connectivity index (χ2v) is 4.79. The molecule has 1 rings (SSSR count). The van der Waals surface area contributed by atoms with Gasteiger partial charge in [0.05, 0.1) is 5.84 Å². The molecule has 0 amide bonds. The first-order valence-electron chi connectivity index (χ1n) is 6.42. The summed E-state index contributed by atoms with van der Waals surface area (Å²) in [4.78, 5) is 10.5. The highest BCUT2D eigenvalue weighted by Gasteiger charge is 2.15. The predicted octanol–water partition coefficient (Wildman–Crippen LogP) is 1.47. The van der Waals surface area contributed by atoms with Crippen LogP contribution in [0.3, 0.4) is 0 Å². The summed E-state index contributed by atoms with van der Waals surface area (Å²) in [6, 6.07) is -0.332. The molecule has 0 aliphatic carbocycles. The zero-order chi connectivity index (χ0) is 12.7. The minimum Gasteiger partial charge on any atom is -0.480 e. The van der Waals surface area contributed by atoms with Crippen LogP contribution in [-0.2, 0) is 4.79 Å². The fourth-order valence-corrected chi connectivity index (χ4v) is 2.18. The zero-order valence-electron chi connectivity index (χ0n) is 10.2. The minimum absolute atomic E-state index is 0.394. The molecule has 1 aliphatic rings. The number of aliphatic carboxylic acids is 1. The van der Waals surface area contributed by atoms with Crippen LogP contribution in [0, 0.1) is 5.41 Å². The van der Waals surface area contributed by atoms with Gasteiger partial charge in [-0.15, -0.1) is 0 Å². The third kappa shape index (κ3) is 5.68. The summed E-state index contributed by atoms with van der Waals surface area (Å²) in [5.41, 5.74) is 5.43.